The number of nitrogens with one attached hydrogen (secondary N) is 1. The molecule has 0 bridgehead atoms. The molecule has 4 nitrogen and oxygen atoms in total. The SMILES string of the molecule is NC(=O)c1cc(C2CNCCC2(F)F)ccn1. The molecule has 0 radical (unpaired) electrons. The zero-order valence-corrected chi connectivity index (χ0v) is 9.12. The fraction of sp³-hybridized carbons (Fsp3) is 0.455. The lowest BCUT2D eigenvalue weighted by molar-refractivity contribution is -0.0479. The Kier molecular flexibility index (Phi) is 3.06. The Bertz CT molecular complexity index is 436. The highest BCUT2D eigenvalue weighted by molar-refractivity contribution is 5.90. The summed E-state index contributed by atoms with van der Waals surface area (Å²) < 4.78 is 27.4. The molecular formula is C11H13F2N3O. The maximum atomic E-state index is 13.7. The Labute approximate surface area is 97.2 Å². The molecule has 1 unspecified atom stereocenters. The number of primary amides is 1. The molecule has 0 spiro atoms. The van der Waals surface area contributed by atoms with E-state index in [1.165, 1.54) is 18.3 Å². The molecule has 1 aliphatic rings. The van der Waals surface area contributed by atoms with Crippen molar-refractivity contribution >= 4 is 5.91 Å². The molecule has 2 heterocycles. The third-order valence-corrected chi connectivity index (χ3v) is 2.93. The van der Waals surface area contributed by atoms with Gasteiger partial charge in [0, 0.05) is 25.7 Å². The Morgan fingerprint density at radius 1 is 1.59 bits per heavy atom. The van der Waals surface area contributed by atoms with Gasteiger partial charge >= 0.3 is 0 Å². The number of carbonyl (C=O) groups is 1. The third-order valence-electron chi connectivity index (χ3n) is 2.93. The van der Waals surface area contributed by atoms with Crippen molar-refractivity contribution in [1.82, 2.24) is 10.3 Å². The molecule has 0 saturated carbocycles. The Morgan fingerprint density at radius 2 is 2.35 bits per heavy atom. The Morgan fingerprint density at radius 3 is 3.00 bits per heavy atom. The number of aromatic nitrogens is 1. The molecule has 0 aliphatic carbocycles. The molecule has 1 aromatic rings. The van der Waals surface area contributed by atoms with Gasteiger partial charge in [-0.25, -0.2) is 8.78 Å². The molecule has 1 aromatic heterocycles. The standard InChI is InChI=1S/C11H13F2N3O/c12-11(13)2-4-15-6-8(11)7-1-3-16-9(5-7)10(14)17/h1,3,5,8,15H,2,4,6H2,(H2,14,17). The van der Waals surface area contributed by atoms with Gasteiger partial charge in [0.05, 0.1) is 5.92 Å². The summed E-state index contributed by atoms with van der Waals surface area (Å²) in [5, 5.41) is 2.92. The van der Waals surface area contributed by atoms with Crippen molar-refractivity contribution in [2.45, 2.75) is 18.3 Å². The fourth-order valence-electron chi connectivity index (χ4n) is 1.99. The topological polar surface area (TPSA) is 68.0 Å². The number of piperidine rings is 1. The van der Waals surface area contributed by atoms with E-state index >= 15 is 0 Å². The smallest absolute Gasteiger partial charge is 0.267 e. The number of hydrogen-bond acceptors (Lipinski definition) is 3. The summed E-state index contributed by atoms with van der Waals surface area (Å²) in [5.41, 5.74) is 5.49. The van der Waals surface area contributed by atoms with Gasteiger partial charge in [0.25, 0.3) is 11.8 Å². The second-order valence-corrected chi connectivity index (χ2v) is 4.11. The highest BCUT2D eigenvalue weighted by Gasteiger charge is 2.42. The average Bonchev–Trinajstić information content (AvgIpc) is 2.28. The highest BCUT2D eigenvalue weighted by atomic mass is 19.3. The van der Waals surface area contributed by atoms with Crippen molar-refractivity contribution in [2.75, 3.05) is 13.1 Å². The zero-order chi connectivity index (χ0) is 12.5. The van der Waals surface area contributed by atoms with Crippen molar-refractivity contribution in [1.29, 1.82) is 0 Å². The van der Waals surface area contributed by atoms with Crippen molar-refractivity contribution < 1.29 is 13.6 Å². The molecule has 6 heteroatoms. The van der Waals surface area contributed by atoms with Crippen LogP contribution in [-0.2, 0) is 0 Å². The van der Waals surface area contributed by atoms with E-state index in [1.807, 2.05) is 0 Å². The Balaban J connectivity index is 2.32. The van der Waals surface area contributed by atoms with Crippen molar-refractivity contribution in [3.8, 4) is 0 Å². The van der Waals surface area contributed by atoms with E-state index in [0.29, 0.717) is 12.1 Å². The average molecular weight is 241 g/mol. The van der Waals surface area contributed by atoms with Crippen LogP contribution in [0, 0.1) is 0 Å². The number of nitrogens with zero attached hydrogens (tertiary/aromatic N) is 1. The molecule has 17 heavy (non-hydrogen) atoms. The van der Waals surface area contributed by atoms with Crippen LogP contribution in [0.4, 0.5) is 8.78 Å². The lowest BCUT2D eigenvalue weighted by atomic mass is 9.88. The van der Waals surface area contributed by atoms with Crippen LogP contribution in [0.15, 0.2) is 18.3 Å². The van der Waals surface area contributed by atoms with Crippen molar-refractivity contribution in [3.63, 3.8) is 0 Å². The second kappa shape index (κ2) is 4.37. The first-order valence-electron chi connectivity index (χ1n) is 5.35. The van der Waals surface area contributed by atoms with E-state index in [1.54, 1.807) is 0 Å². The lowest BCUT2D eigenvalue weighted by Crippen LogP contribution is -2.43. The molecule has 1 fully saturated rings. The minimum Gasteiger partial charge on any atom is -0.364 e. The summed E-state index contributed by atoms with van der Waals surface area (Å²) in [4.78, 5) is 14.7. The molecule has 1 aliphatic heterocycles. The molecule has 3 N–H and O–H groups in total. The number of alkyl halides is 2. The highest BCUT2D eigenvalue weighted by Crippen LogP contribution is 2.37. The van der Waals surface area contributed by atoms with E-state index in [0.717, 1.165) is 0 Å². The monoisotopic (exact) mass is 241 g/mol. The number of rotatable bonds is 2. The van der Waals surface area contributed by atoms with Gasteiger partial charge in [0.1, 0.15) is 5.69 Å². The molecular weight excluding hydrogens is 228 g/mol. The molecule has 2 rings (SSSR count). The summed E-state index contributed by atoms with van der Waals surface area (Å²) in [6.45, 7) is 0.493. The summed E-state index contributed by atoms with van der Waals surface area (Å²) in [6, 6.07) is 2.84. The van der Waals surface area contributed by atoms with Crippen LogP contribution < -0.4 is 11.1 Å². The molecule has 1 amide bonds. The van der Waals surface area contributed by atoms with Gasteiger partial charge < -0.3 is 11.1 Å². The van der Waals surface area contributed by atoms with Crippen LogP contribution >= 0.6 is 0 Å². The van der Waals surface area contributed by atoms with Crippen LogP contribution in [0.1, 0.15) is 28.4 Å². The van der Waals surface area contributed by atoms with E-state index in [-0.39, 0.29) is 18.7 Å². The first-order chi connectivity index (χ1) is 8.00. The van der Waals surface area contributed by atoms with Crippen molar-refractivity contribution in [3.05, 3.63) is 29.6 Å². The quantitative estimate of drug-likeness (QED) is 0.808. The van der Waals surface area contributed by atoms with Crippen LogP contribution in [0.25, 0.3) is 0 Å². The second-order valence-electron chi connectivity index (χ2n) is 4.11. The number of hydrogen-bond donors (Lipinski definition) is 2. The van der Waals surface area contributed by atoms with Gasteiger partial charge in [-0.3, -0.25) is 9.78 Å². The summed E-state index contributed by atoms with van der Waals surface area (Å²) in [6.07, 6.45) is 1.13. The molecule has 1 saturated heterocycles. The predicted molar refractivity (Wildman–Crippen MR) is 57.9 cm³/mol. The minimum absolute atomic E-state index is 0.0175. The van der Waals surface area contributed by atoms with Crippen molar-refractivity contribution in [2.24, 2.45) is 5.73 Å². The maximum Gasteiger partial charge on any atom is 0.267 e. The number of carbonyl (C=O) groups excluding carboxylic acids is 1. The third kappa shape index (κ3) is 2.41. The molecule has 0 aromatic carbocycles. The number of pyridine rings is 1. The van der Waals surface area contributed by atoms with Crippen LogP contribution in [0.2, 0.25) is 0 Å². The van der Waals surface area contributed by atoms with E-state index < -0.39 is 17.7 Å². The van der Waals surface area contributed by atoms with Gasteiger partial charge in [-0.15, -0.1) is 0 Å². The Hall–Kier alpha value is -1.56. The van der Waals surface area contributed by atoms with Crippen LogP contribution in [0.3, 0.4) is 0 Å². The van der Waals surface area contributed by atoms with Gasteiger partial charge in [0.2, 0.25) is 0 Å². The lowest BCUT2D eigenvalue weighted by Gasteiger charge is -2.32. The molecule has 92 valence electrons. The first-order valence-corrected chi connectivity index (χ1v) is 5.35. The predicted octanol–water partition coefficient (Wildman–Crippen LogP) is 0.893. The summed E-state index contributed by atoms with van der Waals surface area (Å²) in [5.74, 6) is -4.40. The van der Waals surface area contributed by atoms with E-state index in [2.05, 4.69) is 10.3 Å². The molecule has 1 atom stereocenters. The van der Waals surface area contributed by atoms with Gasteiger partial charge in [-0.05, 0) is 17.7 Å². The normalized spacial score (nSPS) is 23.3. The number of amides is 1. The number of nitrogens with two attached hydrogens (primary N) is 1. The maximum absolute atomic E-state index is 13.7. The summed E-state index contributed by atoms with van der Waals surface area (Å²) in [7, 11) is 0. The fourth-order valence-corrected chi connectivity index (χ4v) is 1.99. The van der Waals surface area contributed by atoms with Crippen LogP contribution in [-0.4, -0.2) is 29.9 Å². The number of halogens is 2. The van der Waals surface area contributed by atoms with E-state index in [4.69, 9.17) is 5.73 Å². The minimum atomic E-state index is -2.76. The van der Waals surface area contributed by atoms with Gasteiger partial charge in [-0.1, -0.05) is 0 Å². The largest absolute Gasteiger partial charge is 0.364 e. The van der Waals surface area contributed by atoms with Gasteiger partial charge in [0.15, 0.2) is 0 Å². The van der Waals surface area contributed by atoms with Gasteiger partial charge in [-0.2, -0.15) is 0 Å². The van der Waals surface area contributed by atoms with Crippen LogP contribution in [0.5, 0.6) is 0 Å². The summed E-state index contributed by atoms with van der Waals surface area (Å²) >= 11 is 0. The van der Waals surface area contributed by atoms with E-state index in [9.17, 15) is 13.6 Å². The zero-order valence-electron chi connectivity index (χ0n) is 9.12. The first kappa shape index (κ1) is 11.9.